The van der Waals surface area contributed by atoms with Crippen molar-refractivity contribution in [2.75, 3.05) is 18.2 Å². The van der Waals surface area contributed by atoms with Crippen molar-refractivity contribution in [2.45, 2.75) is 6.54 Å². The number of aryl methyl sites for hydroxylation is 2. The number of methoxy groups -OCH3 is 1. The maximum atomic E-state index is 12.6. The first-order valence-corrected chi connectivity index (χ1v) is 7.67. The molecule has 3 aromatic rings. The molecule has 0 bridgehead atoms. The lowest BCUT2D eigenvalue weighted by Gasteiger charge is -2.11. The van der Waals surface area contributed by atoms with E-state index in [1.807, 2.05) is 0 Å². The van der Waals surface area contributed by atoms with Crippen molar-refractivity contribution in [3.63, 3.8) is 0 Å². The normalized spacial score (nSPS) is 10.5. The molecule has 2 heterocycles. The van der Waals surface area contributed by atoms with Crippen LogP contribution >= 0.6 is 12.4 Å². The van der Waals surface area contributed by atoms with Crippen LogP contribution in [0.5, 0.6) is 5.75 Å². The second kappa shape index (κ2) is 7.54. The second-order valence-corrected chi connectivity index (χ2v) is 5.77. The molecule has 11 heteroatoms. The number of benzene rings is 1. The predicted octanol–water partition coefficient (Wildman–Crippen LogP) is 0.0850. The minimum atomic E-state index is -0.620. The SMILES string of the molecule is COc1ccc(NC(=O)Cn2c(=O)c3c(ncn3C)n(C)c2=O)cc1N.Cl. The van der Waals surface area contributed by atoms with Crippen LogP contribution in [-0.4, -0.2) is 31.7 Å². The summed E-state index contributed by atoms with van der Waals surface area (Å²) in [4.78, 5) is 41.3. The predicted molar refractivity (Wildman–Crippen MR) is 103 cm³/mol. The van der Waals surface area contributed by atoms with Gasteiger partial charge in [-0.25, -0.2) is 14.3 Å². The van der Waals surface area contributed by atoms with E-state index in [2.05, 4.69) is 10.3 Å². The Labute approximate surface area is 159 Å². The first kappa shape index (κ1) is 20.0. The molecule has 1 amide bonds. The number of imidazole rings is 1. The zero-order valence-corrected chi connectivity index (χ0v) is 15.7. The molecule has 0 fully saturated rings. The molecule has 0 saturated heterocycles. The fraction of sp³-hybridized carbons (Fsp3) is 0.250. The molecule has 3 N–H and O–H groups in total. The lowest BCUT2D eigenvalue weighted by atomic mass is 10.2. The number of carbonyl (C=O) groups excluding carboxylic acids is 1. The number of nitrogens with zero attached hydrogens (tertiary/aromatic N) is 4. The summed E-state index contributed by atoms with van der Waals surface area (Å²) in [6.07, 6.45) is 1.44. The van der Waals surface area contributed by atoms with E-state index in [1.54, 1.807) is 19.2 Å². The summed E-state index contributed by atoms with van der Waals surface area (Å²) in [7, 11) is 4.63. The van der Waals surface area contributed by atoms with E-state index in [0.717, 1.165) is 4.57 Å². The van der Waals surface area contributed by atoms with E-state index in [1.165, 1.54) is 35.7 Å². The molecule has 2 aromatic heterocycles. The molecular formula is C16H19ClN6O4. The van der Waals surface area contributed by atoms with Crippen LogP contribution in [0.2, 0.25) is 0 Å². The smallest absolute Gasteiger partial charge is 0.332 e. The van der Waals surface area contributed by atoms with Gasteiger partial charge in [0.05, 0.1) is 19.1 Å². The standard InChI is InChI=1S/C16H18N6O4.ClH/c1-20-8-18-14-13(20)15(24)22(16(25)21(14)2)7-12(23)19-9-4-5-11(26-3)10(17)6-9;/h4-6,8H,7,17H2,1-3H3,(H,19,23);1H. The van der Waals surface area contributed by atoms with E-state index in [-0.39, 0.29) is 23.6 Å². The number of carbonyl (C=O) groups is 1. The molecule has 3 rings (SSSR count). The summed E-state index contributed by atoms with van der Waals surface area (Å²) in [5, 5.41) is 2.61. The molecule has 10 nitrogen and oxygen atoms in total. The lowest BCUT2D eigenvalue weighted by Crippen LogP contribution is -2.42. The third-order valence-corrected chi connectivity index (χ3v) is 4.02. The van der Waals surface area contributed by atoms with Crippen LogP contribution in [0.25, 0.3) is 11.2 Å². The van der Waals surface area contributed by atoms with E-state index in [0.29, 0.717) is 17.1 Å². The molecule has 0 aliphatic carbocycles. The summed E-state index contributed by atoms with van der Waals surface area (Å²) in [6, 6.07) is 4.75. The van der Waals surface area contributed by atoms with Gasteiger partial charge in [-0.3, -0.25) is 14.2 Å². The first-order valence-electron chi connectivity index (χ1n) is 7.67. The van der Waals surface area contributed by atoms with Crippen molar-refractivity contribution in [3.05, 3.63) is 45.4 Å². The van der Waals surface area contributed by atoms with Gasteiger partial charge in [-0.05, 0) is 18.2 Å². The zero-order chi connectivity index (χ0) is 19.0. The monoisotopic (exact) mass is 394 g/mol. The van der Waals surface area contributed by atoms with Crippen molar-refractivity contribution in [1.82, 2.24) is 18.7 Å². The van der Waals surface area contributed by atoms with Gasteiger partial charge >= 0.3 is 5.69 Å². The Balaban J connectivity index is 0.00000261. The molecule has 0 unspecified atom stereocenters. The second-order valence-electron chi connectivity index (χ2n) is 5.77. The number of anilines is 2. The largest absolute Gasteiger partial charge is 0.495 e. The number of nitrogens with two attached hydrogens (primary N) is 1. The van der Waals surface area contributed by atoms with Gasteiger partial charge in [-0.15, -0.1) is 12.4 Å². The third-order valence-electron chi connectivity index (χ3n) is 4.02. The van der Waals surface area contributed by atoms with Gasteiger partial charge in [-0.1, -0.05) is 0 Å². The van der Waals surface area contributed by atoms with Gasteiger partial charge < -0.3 is 20.4 Å². The molecule has 0 saturated carbocycles. The highest BCUT2D eigenvalue weighted by Crippen LogP contribution is 2.24. The number of aromatic nitrogens is 4. The summed E-state index contributed by atoms with van der Waals surface area (Å²) < 4.78 is 8.66. The van der Waals surface area contributed by atoms with Crippen LogP contribution in [-0.2, 0) is 25.4 Å². The Bertz CT molecular complexity index is 1130. The van der Waals surface area contributed by atoms with Crippen LogP contribution in [0.1, 0.15) is 0 Å². The Kier molecular flexibility index (Phi) is 5.60. The molecule has 0 atom stereocenters. The molecule has 1 aromatic carbocycles. The molecular weight excluding hydrogens is 376 g/mol. The van der Waals surface area contributed by atoms with Crippen LogP contribution in [0.4, 0.5) is 11.4 Å². The number of hydrogen-bond acceptors (Lipinski definition) is 6. The third kappa shape index (κ3) is 3.51. The maximum absolute atomic E-state index is 12.6. The fourth-order valence-electron chi connectivity index (χ4n) is 2.69. The number of fused-ring (bicyclic) bond motifs is 1. The Morgan fingerprint density at radius 2 is 2.00 bits per heavy atom. The van der Waals surface area contributed by atoms with Crippen molar-refractivity contribution in [1.29, 1.82) is 0 Å². The van der Waals surface area contributed by atoms with E-state index < -0.39 is 23.7 Å². The summed E-state index contributed by atoms with van der Waals surface area (Å²) in [5.74, 6) is -0.0509. The lowest BCUT2D eigenvalue weighted by molar-refractivity contribution is -0.116. The number of ether oxygens (including phenoxy) is 1. The highest BCUT2D eigenvalue weighted by molar-refractivity contribution is 5.91. The first-order chi connectivity index (χ1) is 12.3. The summed E-state index contributed by atoms with van der Waals surface area (Å²) >= 11 is 0. The number of nitrogens with one attached hydrogen (secondary N) is 1. The number of halogens is 1. The highest BCUT2D eigenvalue weighted by Gasteiger charge is 2.17. The number of rotatable bonds is 4. The highest BCUT2D eigenvalue weighted by atomic mass is 35.5. The van der Waals surface area contributed by atoms with E-state index in [9.17, 15) is 14.4 Å². The van der Waals surface area contributed by atoms with Gasteiger partial charge in [0, 0.05) is 19.8 Å². The average Bonchev–Trinajstić information content (AvgIpc) is 2.99. The maximum Gasteiger partial charge on any atom is 0.332 e. The van der Waals surface area contributed by atoms with E-state index in [4.69, 9.17) is 10.5 Å². The molecule has 27 heavy (non-hydrogen) atoms. The van der Waals surface area contributed by atoms with Gasteiger partial charge in [-0.2, -0.15) is 0 Å². The summed E-state index contributed by atoms with van der Waals surface area (Å²) in [5.41, 5.74) is 5.90. The van der Waals surface area contributed by atoms with Crippen LogP contribution in [0.3, 0.4) is 0 Å². The summed E-state index contributed by atoms with van der Waals surface area (Å²) in [6.45, 7) is -0.432. The number of hydrogen-bond donors (Lipinski definition) is 2. The topological polar surface area (TPSA) is 126 Å². The van der Waals surface area contributed by atoms with Gasteiger partial charge in [0.2, 0.25) is 5.91 Å². The number of amides is 1. The Morgan fingerprint density at radius 3 is 2.63 bits per heavy atom. The van der Waals surface area contributed by atoms with Crippen LogP contribution < -0.4 is 27.0 Å². The molecule has 144 valence electrons. The minimum Gasteiger partial charge on any atom is -0.495 e. The quantitative estimate of drug-likeness (QED) is 0.604. The molecule has 0 spiro atoms. The molecule has 0 radical (unpaired) electrons. The van der Waals surface area contributed by atoms with Crippen molar-refractivity contribution < 1.29 is 9.53 Å². The van der Waals surface area contributed by atoms with Gasteiger partial charge in [0.15, 0.2) is 11.2 Å². The fourth-order valence-corrected chi connectivity index (χ4v) is 2.69. The van der Waals surface area contributed by atoms with Crippen molar-refractivity contribution in [3.8, 4) is 5.75 Å². The van der Waals surface area contributed by atoms with Crippen LogP contribution in [0.15, 0.2) is 34.1 Å². The van der Waals surface area contributed by atoms with Crippen LogP contribution in [0, 0.1) is 0 Å². The van der Waals surface area contributed by atoms with Crippen molar-refractivity contribution in [2.24, 2.45) is 14.1 Å². The van der Waals surface area contributed by atoms with Gasteiger partial charge in [0.1, 0.15) is 12.3 Å². The van der Waals surface area contributed by atoms with Gasteiger partial charge in [0.25, 0.3) is 5.56 Å². The average molecular weight is 395 g/mol. The minimum absolute atomic E-state index is 0. The molecule has 0 aliphatic heterocycles. The molecule has 0 aliphatic rings. The number of nitrogen functional groups attached to an aromatic ring is 1. The van der Waals surface area contributed by atoms with Crippen molar-refractivity contribution >= 4 is 40.9 Å². The van der Waals surface area contributed by atoms with E-state index >= 15 is 0 Å². The zero-order valence-electron chi connectivity index (χ0n) is 14.9. The Morgan fingerprint density at radius 1 is 1.30 bits per heavy atom. The Hall–Kier alpha value is -3.27.